The van der Waals surface area contributed by atoms with Gasteiger partial charge in [-0.05, 0) is 41.8 Å². The van der Waals surface area contributed by atoms with Gasteiger partial charge in [0.1, 0.15) is 4.21 Å². The lowest BCUT2D eigenvalue weighted by atomic mass is 9.88. The lowest BCUT2D eigenvalue weighted by Gasteiger charge is -2.27. The molecule has 1 heterocycles. The first kappa shape index (κ1) is 17.1. The average Bonchev–Trinajstić information content (AvgIpc) is 3.10. The first-order chi connectivity index (χ1) is 11.5. The van der Waals surface area contributed by atoms with Gasteiger partial charge >= 0.3 is 0 Å². The van der Waals surface area contributed by atoms with Gasteiger partial charge in [-0.25, -0.2) is 8.42 Å². The second-order valence-electron chi connectivity index (χ2n) is 5.90. The number of aryl methyl sites for hydroxylation is 1. The van der Waals surface area contributed by atoms with Crippen molar-refractivity contribution in [2.75, 3.05) is 13.6 Å². The predicted octanol–water partition coefficient (Wildman–Crippen LogP) is 2.56. The van der Waals surface area contributed by atoms with Crippen molar-refractivity contribution < 1.29 is 13.2 Å². The van der Waals surface area contributed by atoms with Crippen molar-refractivity contribution >= 4 is 27.3 Å². The molecule has 1 aromatic carbocycles. The molecule has 0 saturated carbocycles. The molecule has 1 aromatic heterocycles. The molecule has 1 atom stereocenters. The van der Waals surface area contributed by atoms with Gasteiger partial charge in [0.2, 0.25) is 5.91 Å². The van der Waals surface area contributed by atoms with E-state index in [1.807, 2.05) is 18.2 Å². The average molecular weight is 364 g/mol. The summed E-state index contributed by atoms with van der Waals surface area (Å²) in [6.45, 7) is -0.182. The Kier molecular flexibility index (Phi) is 5.03. The number of fused-ring (bicyclic) bond motifs is 1. The van der Waals surface area contributed by atoms with E-state index in [2.05, 4.69) is 11.4 Å². The Morgan fingerprint density at radius 3 is 2.83 bits per heavy atom. The Morgan fingerprint density at radius 1 is 1.29 bits per heavy atom. The van der Waals surface area contributed by atoms with Gasteiger partial charge in [0.15, 0.2) is 0 Å². The van der Waals surface area contributed by atoms with E-state index in [4.69, 9.17) is 0 Å². The molecule has 5 nitrogen and oxygen atoms in total. The highest BCUT2D eigenvalue weighted by atomic mass is 32.2. The van der Waals surface area contributed by atoms with Crippen LogP contribution in [0.1, 0.15) is 30.0 Å². The summed E-state index contributed by atoms with van der Waals surface area (Å²) in [6.07, 6.45) is 2.92. The summed E-state index contributed by atoms with van der Waals surface area (Å²) in [5.41, 5.74) is 2.40. The van der Waals surface area contributed by atoms with Crippen molar-refractivity contribution in [3.05, 3.63) is 52.9 Å². The molecule has 2 aromatic rings. The van der Waals surface area contributed by atoms with Crippen molar-refractivity contribution in [2.45, 2.75) is 29.5 Å². The van der Waals surface area contributed by atoms with Crippen LogP contribution in [0.4, 0.5) is 0 Å². The van der Waals surface area contributed by atoms with Crippen LogP contribution in [0.3, 0.4) is 0 Å². The Morgan fingerprint density at radius 2 is 2.08 bits per heavy atom. The number of hydrogen-bond acceptors (Lipinski definition) is 4. The fourth-order valence-electron chi connectivity index (χ4n) is 2.99. The number of sulfonamides is 1. The first-order valence-electron chi connectivity index (χ1n) is 7.85. The molecule has 0 spiro atoms. The molecule has 1 aliphatic carbocycles. The third-order valence-electron chi connectivity index (χ3n) is 4.23. The minimum absolute atomic E-state index is 0.0414. The molecule has 7 heteroatoms. The Labute approximate surface area is 146 Å². The number of carbonyl (C=O) groups is 1. The number of carbonyl (C=O) groups excluding carboxylic acids is 1. The van der Waals surface area contributed by atoms with Gasteiger partial charge in [0.25, 0.3) is 10.0 Å². The van der Waals surface area contributed by atoms with E-state index >= 15 is 0 Å². The number of amides is 1. The molecule has 0 radical (unpaired) electrons. The van der Waals surface area contributed by atoms with Crippen molar-refractivity contribution in [1.82, 2.24) is 9.62 Å². The zero-order valence-electron chi connectivity index (χ0n) is 13.4. The number of rotatable bonds is 5. The number of likely N-dealkylation sites (N-methyl/N-ethyl adjacent to an activating group) is 1. The van der Waals surface area contributed by atoms with Gasteiger partial charge in [0, 0.05) is 7.05 Å². The van der Waals surface area contributed by atoms with Gasteiger partial charge < -0.3 is 5.32 Å². The number of nitrogens with zero attached hydrogens (tertiary/aromatic N) is 1. The van der Waals surface area contributed by atoms with Crippen LogP contribution in [0, 0.1) is 0 Å². The maximum atomic E-state index is 12.4. The molecule has 1 aliphatic rings. The van der Waals surface area contributed by atoms with Gasteiger partial charge in [-0.3, -0.25) is 4.79 Å². The molecule has 1 amide bonds. The topological polar surface area (TPSA) is 66.5 Å². The molecule has 3 rings (SSSR count). The van der Waals surface area contributed by atoms with Crippen LogP contribution in [-0.4, -0.2) is 32.2 Å². The monoisotopic (exact) mass is 364 g/mol. The number of nitrogens with one attached hydrogen (secondary N) is 1. The van der Waals surface area contributed by atoms with Crippen LogP contribution in [0.15, 0.2) is 46.0 Å². The summed E-state index contributed by atoms with van der Waals surface area (Å²) in [4.78, 5) is 12.3. The molecular weight excluding hydrogens is 344 g/mol. The van der Waals surface area contributed by atoms with E-state index in [0.717, 1.165) is 40.5 Å². The SMILES string of the molecule is CN(CC(=O)N[C@H]1CCCc2ccccc21)S(=O)(=O)c1cccs1. The Balaban J connectivity index is 1.67. The number of thiophene rings is 1. The van der Waals surface area contributed by atoms with Crippen LogP contribution >= 0.6 is 11.3 Å². The van der Waals surface area contributed by atoms with Crippen LogP contribution in [-0.2, 0) is 21.2 Å². The Hall–Kier alpha value is -1.70. The summed E-state index contributed by atoms with van der Waals surface area (Å²) in [5, 5.41) is 4.69. The maximum absolute atomic E-state index is 12.4. The fraction of sp³-hybridized carbons (Fsp3) is 0.353. The summed E-state index contributed by atoms with van der Waals surface area (Å²) in [5.74, 6) is -0.278. The van der Waals surface area contributed by atoms with E-state index in [-0.39, 0.29) is 22.7 Å². The maximum Gasteiger partial charge on any atom is 0.252 e. The van der Waals surface area contributed by atoms with Crippen LogP contribution < -0.4 is 5.32 Å². The molecule has 0 aliphatic heterocycles. The highest BCUT2D eigenvalue weighted by Gasteiger charge is 2.26. The second-order valence-corrected chi connectivity index (χ2v) is 9.12. The van der Waals surface area contributed by atoms with Gasteiger partial charge in [-0.2, -0.15) is 4.31 Å². The number of hydrogen-bond donors (Lipinski definition) is 1. The van der Waals surface area contributed by atoms with Crippen LogP contribution in [0.2, 0.25) is 0 Å². The van der Waals surface area contributed by atoms with Crippen molar-refractivity contribution in [2.24, 2.45) is 0 Å². The van der Waals surface area contributed by atoms with Crippen molar-refractivity contribution in [3.8, 4) is 0 Å². The minimum atomic E-state index is -3.60. The molecule has 0 fully saturated rings. The van der Waals surface area contributed by atoms with Gasteiger partial charge in [0.05, 0.1) is 12.6 Å². The number of benzene rings is 1. The van der Waals surface area contributed by atoms with E-state index < -0.39 is 10.0 Å². The molecular formula is C17H20N2O3S2. The summed E-state index contributed by atoms with van der Waals surface area (Å²) in [7, 11) is -2.17. The quantitative estimate of drug-likeness (QED) is 0.887. The lowest BCUT2D eigenvalue weighted by Crippen LogP contribution is -2.40. The third-order valence-corrected chi connectivity index (χ3v) is 7.41. The first-order valence-corrected chi connectivity index (χ1v) is 10.2. The minimum Gasteiger partial charge on any atom is -0.348 e. The molecule has 24 heavy (non-hydrogen) atoms. The van der Waals surface area contributed by atoms with Crippen molar-refractivity contribution in [3.63, 3.8) is 0 Å². The van der Waals surface area contributed by atoms with Crippen LogP contribution in [0.25, 0.3) is 0 Å². The highest BCUT2D eigenvalue weighted by molar-refractivity contribution is 7.91. The third kappa shape index (κ3) is 3.53. The molecule has 1 N–H and O–H groups in total. The van der Waals surface area contributed by atoms with E-state index in [9.17, 15) is 13.2 Å². The zero-order chi connectivity index (χ0) is 17.2. The van der Waals surface area contributed by atoms with Gasteiger partial charge in [-0.1, -0.05) is 30.3 Å². The molecule has 0 unspecified atom stereocenters. The van der Waals surface area contributed by atoms with E-state index in [1.165, 1.54) is 12.6 Å². The predicted molar refractivity (Wildman–Crippen MR) is 94.4 cm³/mol. The second kappa shape index (κ2) is 7.04. The molecule has 0 saturated heterocycles. The Bertz CT molecular complexity index is 816. The summed E-state index contributed by atoms with van der Waals surface area (Å²) >= 11 is 1.15. The fourth-order valence-corrected chi connectivity index (χ4v) is 5.32. The largest absolute Gasteiger partial charge is 0.348 e. The van der Waals surface area contributed by atoms with Gasteiger partial charge in [-0.15, -0.1) is 11.3 Å². The molecule has 128 valence electrons. The van der Waals surface area contributed by atoms with E-state index in [0.29, 0.717) is 0 Å². The summed E-state index contributed by atoms with van der Waals surface area (Å²) < 4.78 is 26.1. The highest BCUT2D eigenvalue weighted by Crippen LogP contribution is 2.29. The van der Waals surface area contributed by atoms with Crippen LogP contribution in [0.5, 0.6) is 0 Å². The lowest BCUT2D eigenvalue weighted by molar-refractivity contribution is -0.122. The summed E-state index contributed by atoms with van der Waals surface area (Å²) in [6, 6.07) is 11.3. The zero-order valence-corrected chi connectivity index (χ0v) is 15.1. The molecule has 0 bridgehead atoms. The smallest absolute Gasteiger partial charge is 0.252 e. The van der Waals surface area contributed by atoms with E-state index in [1.54, 1.807) is 17.5 Å². The standard InChI is InChI=1S/C17H20N2O3S2/c1-19(24(21,22)17-10-5-11-23-17)12-16(20)18-15-9-4-7-13-6-2-3-8-14(13)15/h2-3,5-6,8,10-11,15H,4,7,9,12H2,1H3,(H,18,20)/t15-/m0/s1. The normalized spacial score (nSPS) is 17.5. The van der Waals surface area contributed by atoms with Crippen molar-refractivity contribution in [1.29, 1.82) is 0 Å².